The van der Waals surface area contributed by atoms with Gasteiger partial charge in [0.1, 0.15) is 0 Å². The molecule has 0 aromatic carbocycles. The maximum atomic E-state index is 10.8. The van der Waals surface area contributed by atoms with Crippen LogP contribution in [0, 0.1) is 0 Å². The average molecular weight is 171 g/mol. The summed E-state index contributed by atoms with van der Waals surface area (Å²) in [5, 5.41) is 6.17. The predicted octanol–water partition coefficient (Wildman–Crippen LogP) is -0.797. The molecule has 12 heavy (non-hydrogen) atoms. The number of amides is 1. The van der Waals surface area contributed by atoms with Gasteiger partial charge in [0.2, 0.25) is 5.91 Å². The van der Waals surface area contributed by atoms with E-state index in [2.05, 4.69) is 10.6 Å². The first-order valence-corrected chi connectivity index (χ1v) is 4.53. The summed E-state index contributed by atoms with van der Waals surface area (Å²) in [6.45, 7) is 2.45. The van der Waals surface area contributed by atoms with E-state index in [4.69, 9.17) is 5.73 Å². The van der Waals surface area contributed by atoms with Crippen molar-refractivity contribution in [2.75, 3.05) is 19.6 Å². The second-order valence-corrected chi connectivity index (χ2v) is 3.14. The predicted molar refractivity (Wildman–Crippen MR) is 47.7 cm³/mol. The standard InChI is InChI=1S/C8H17N3O/c9-4-1-5-10-7-2-3-8(12)11-6-7/h7,10H,1-6,9H2,(H,11,12). The van der Waals surface area contributed by atoms with Gasteiger partial charge in [-0.15, -0.1) is 0 Å². The molecule has 0 radical (unpaired) electrons. The van der Waals surface area contributed by atoms with E-state index >= 15 is 0 Å². The number of hydrogen-bond donors (Lipinski definition) is 3. The molecule has 0 aliphatic carbocycles. The molecular weight excluding hydrogens is 154 g/mol. The SMILES string of the molecule is NCCCNC1CCC(=O)NC1. The second-order valence-electron chi connectivity index (χ2n) is 3.14. The van der Waals surface area contributed by atoms with Gasteiger partial charge in [0.25, 0.3) is 0 Å². The number of piperidine rings is 1. The van der Waals surface area contributed by atoms with Gasteiger partial charge in [0, 0.05) is 19.0 Å². The summed E-state index contributed by atoms with van der Waals surface area (Å²) in [7, 11) is 0. The lowest BCUT2D eigenvalue weighted by Gasteiger charge is -2.23. The molecule has 0 saturated carbocycles. The fraction of sp³-hybridized carbons (Fsp3) is 0.875. The molecule has 1 aliphatic rings. The molecule has 70 valence electrons. The maximum absolute atomic E-state index is 10.8. The van der Waals surface area contributed by atoms with Crippen LogP contribution in [0.15, 0.2) is 0 Å². The molecule has 1 fully saturated rings. The summed E-state index contributed by atoms with van der Waals surface area (Å²) < 4.78 is 0. The third kappa shape index (κ3) is 3.19. The zero-order valence-corrected chi connectivity index (χ0v) is 7.31. The molecule has 1 unspecified atom stereocenters. The summed E-state index contributed by atoms with van der Waals surface area (Å²) in [6, 6.07) is 0.453. The Balaban J connectivity index is 2.05. The van der Waals surface area contributed by atoms with Crippen molar-refractivity contribution in [2.45, 2.75) is 25.3 Å². The summed E-state index contributed by atoms with van der Waals surface area (Å²) in [5.74, 6) is 0.173. The van der Waals surface area contributed by atoms with Crippen LogP contribution >= 0.6 is 0 Å². The molecule has 0 aromatic heterocycles. The molecule has 1 saturated heterocycles. The van der Waals surface area contributed by atoms with E-state index in [1.165, 1.54) is 0 Å². The third-order valence-corrected chi connectivity index (χ3v) is 2.08. The highest BCUT2D eigenvalue weighted by molar-refractivity contribution is 5.76. The van der Waals surface area contributed by atoms with E-state index in [0.717, 1.165) is 32.5 Å². The topological polar surface area (TPSA) is 67.1 Å². The minimum absolute atomic E-state index is 0.173. The Bertz CT molecular complexity index is 139. The molecule has 1 aliphatic heterocycles. The molecule has 0 aromatic rings. The van der Waals surface area contributed by atoms with Crippen LogP contribution in [-0.2, 0) is 4.79 Å². The van der Waals surface area contributed by atoms with Crippen molar-refractivity contribution in [3.05, 3.63) is 0 Å². The van der Waals surface area contributed by atoms with Gasteiger partial charge in [-0.3, -0.25) is 4.79 Å². The fourth-order valence-corrected chi connectivity index (χ4v) is 1.32. The number of nitrogens with one attached hydrogen (secondary N) is 2. The molecule has 1 heterocycles. The Labute approximate surface area is 72.9 Å². The molecule has 4 heteroatoms. The lowest BCUT2D eigenvalue weighted by atomic mass is 10.1. The van der Waals surface area contributed by atoms with Crippen LogP contribution in [0.2, 0.25) is 0 Å². The zero-order valence-electron chi connectivity index (χ0n) is 7.31. The van der Waals surface area contributed by atoms with Crippen molar-refractivity contribution in [3.8, 4) is 0 Å². The summed E-state index contributed by atoms with van der Waals surface area (Å²) in [4.78, 5) is 10.8. The van der Waals surface area contributed by atoms with Crippen LogP contribution in [0.4, 0.5) is 0 Å². The van der Waals surface area contributed by atoms with Gasteiger partial charge in [-0.25, -0.2) is 0 Å². The first-order valence-electron chi connectivity index (χ1n) is 4.53. The van der Waals surface area contributed by atoms with E-state index in [1.807, 2.05) is 0 Å². The molecular formula is C8H17N3O. The van der Waals surface area contributed by atoms with Crippen LogP contribution in [0.5, 0.6) is 0 Å². The van der Waals surface area contributed by atoms with E-state index in [-0.39, 0.29) is 5.91 Å². The van der Waals surface area contributed by atoms with Gasteiger partial charge in [-0.2, -0.15) is 0 Å². The second kappa shape index (κ2) is 5.11. The van der Waals surface area contributed by atoms with Crippen molar-refractivity contribution in [3.63, 3.8) is 0 Å². The molecule has 4 nitrogen and oxygen atoms in total. The van der Waals surface area contributed by atoms with E-state index in [0.29, 0.717) is 12.5 Å². The Kier molecular flexibility index (Phi) is 4.04. The quantitative estimate of drug-likeness (QED) is 0.485. The Morgan fingerprint density at radius 3 is 3.08 bits per heavy atom. The molecule has 0 spiro atoms. The van der Waals surface area contributed by atoms with E-state index in [9.17, 15) is 4.79 Å². The minimum atomic E-state index is 0.173. The lowest BCUT2D eigenvalue weighted by Crippen LogP contribution is -2.46. The van der Waals surface area contributed by atoms with Crippen molar-refractivity contribution < 1.29 is 4.79 Å². The van der Waals surface area contributed by atoms with Gasteiger partial charge in [0.05, 0.1) is 0 Å². The number of hydrogen-bond acceptors (Lipinski definition) is 3. The Morgan fingerprint density at radius 2 is 2.50 bits per heavy atom. The van der Waals surface area contributed by atoms with E-state index in [1.54, 1.807) is 0 Å². The number of nitrogens with two attached hydrogens (primary N) is 1. The van der Waals surface area contributed by atoms with Gasteiger partial charge in [-0.05, 0) is 25.9 Å². The monoisotopic (exact) mass is 171 g/mol. The molecule has 1 amide bonds. The summed E-state index contributed by atoms with van der Waals surface area (Å²) in [5.41, 5.74) is 5.36. The maximum Gasteiger partial charge on any atom is 0.220 e. The van der Waals surface area contributed by atoms with Crippen molar-refractivity contribution in [1.82, 2.24) is 10.6 Å². The van der Waals surface area contributed by atoms with Crippen molar-refractivity contribution in [2.24, 2.45) is 5.73 Å². The number of rotatable bonds is 4. The smallest absolute Gasteiger partial charge is 0.220 e. The summed E-state index contributed by atoms with van der Waals surface area (Å²) in [6.07, 6.45) is 2.61. The largest absolute Gasteiger partial charge is 0.355 e. The number of carbonyl (C=O) groups excluding carboxylic acids is 1. The van der Waals surface area contributed by atoms with Crippen LogP contribution in [0.3, 0.4) is 0 Å². The van der Waals surface area contributed by atoms with Crippen molar-refractivity contribution in [1.29, 1.82) is 0 Å². The Morgan fingerprint density at radius 1 is 1.67 bits per heavy atom. The highest BCUT2D eigenvalue weighted by atomic mass is 16.1. The first kappa shape index (κ1) is 9.48. The summed E-state index contributed by atoms with van der Waals surface area (Å²) >= 11 is 0. The first-order chi connectivity index (χ1) is 5.83. The number of carbonyl (C=O) groups is 1. The molecule has 0 bridgehead atoms. The lowest BCUT2D eigenvalue weighted by molar-refractivity contribution is -0.122. The highest BCUT2D eigenvalue weighted by Gasteiger charge is 2.16. The third-order valence-electron chi connectivity index (χ3n) is 2.08. The van der Waals surface area contributed by atoms with Crippen LogP contribution in [0.1, 0.15) is 19.3 Å². The van der Waals surface area contributed by atoms with Crippen LogP contribution in [0.25, 0.3) is 0 Å². The fourth-order valence-electron chi connectivity index (χ4n) is 1.32. The molecule has 4 N–H and O–H groups in total. The van der Waals surface area contributed by atoms with Crippen LogP contribution in [-0.4, -0.2) is 31.6 Å². The van der Waals surface area contributed by atoms with Gasteiger partial charge in [-0.1, -0.05) is 0 Å². The minimum Gasteiger partial charge on any atom is -0.355 e. The molecule has 1 rings (SSSR count). The highest BCUT2D eigenvalue weighted by Crippen LogP contribution is 2.01. The van der Waals surface area contributed by atoms with Crippen LogP contribution < -0.4 is 16.4 Å². The van der Waals surface area contributed by atoms with Gasteiger partial charge < -0.3 is 16.4 Å². The molecule has 1 atom stereocenters. The normalized spacial score (nSPS) is 23.8. The van der Waals surface area contributed by atoms with Gasteiger partial charge >= 0.3 is 0 Å². The Hall–Kier alpha value is -0.610. The van der Waals surface area contributed by atoms with E-state index < -0.39 is 0 Å². The van der Waals surface area contributed by atoms with Gasteiger partial charge in [0.15, 0.2) is 0 Å². The van der Waals surface area contributed by atoms with Crippen molar-refractivity contribution >= 4 is 5.91 Å². The average Bonchev–Trinajstić information content (AvgIpc) is 2.09. The zero-order chi connectivity index (χ0) is 8.81.